The van der Waals surface area contributed by atoms with Gasteiger partial charge in [-0.05, 0) is 43.7 Å². The molecule has 2 aromatic rings. The Labute approximate surface area is 129 Å². The van der Waals surface area contributed by atoms with Crippen molar-refractivity contribution in [1.82, 2.24) is 4.98 Å². The zero-order valence-corrected chi connectivity index (χ0v) is 12.8. The molecule has 1 aliphatic rings. The van der Waals surface area contributed by atoms with Crippen LogP contribution in [0.4, 0.5) is 5.69 Å². The van der Waals surface area contributed by atoms with Crippen molar-refractivity contribution < 1.29 is 9.47 Å². The summed E-state index contributed by atoms with van der Waals surface area (Å²) in [7, 11) is 0. The maximum absolute atomic E-state index is 6.24. The van der Waals surface area contributed by atoms with E-state index in [-0.39, 0.29) is 0 Å². The minimum atomic E-state index is 0.540. The third-order valence-corrected chi connectivity index (χ3v) is 3.65. The van der Waals surface area contributed by atoms with Crippen LogP contribution < -0.4 is 14.8 Å². The Morgan fingerprint density at radius 3 is 2.81 bits per heavy atom. The molecule has 0 fully saturated rings. The van der Waals surface area contributed by atoms with Crippen LogP contribution in [0.3, 0.4) is 0 Å². The molecular weight excluding hydrogens is 288 g/mol. The lowest BCUT2D eigenvalue weighted by Gasteiger charge is -2.20. The first-order chi connectivity index (χ1) is 10.1. The molecule has 0 bridgehead atoms. The highest BCUT2D eigenvalue weighted by Crippen LogP contribution is 2.38. The van der Waals surface area contributed by atoms with Gasteiger partial charge < -0.3 is 14.8 Å². The summed E-state index contributed by atoms with van der Waals surface area (Å²) < 4.78 is 11.1. The third-order valence-electron chi connectivity index (χ3n) is 3.36. The standard InChI is InChI=1S/C16H17ClN2O2/c1-10-3-4-14(11(2)19-10)18-9-12-7-13(17)16-15(8-12)20-5-6-21-16/h3-4,7-8,18H,5-6,9H2,1-2H3. The molecule has 4 nitrogen and oxygen atoms in total. The number of rotatable bonds is 3. The van der Waals surface area contributed by atoms with E-state index in [0.29, 0.717) is 36.3 Å². The molecule has 0 amide bonds. The fourth-order valence-electron chi connectivity index (χ4n) is 2.34. The fourth-order valence-corrected chi connectivity index (χ4v) is 2.62. The summed E-state index contributed by atoms with van der Waals surface area (Å²) in [6.07, 6.45) is 0. The van der Waals surface area contributed by atoms with E-state index >= 15 is 0 Å². The highest BCUT2D eigenvalue weighted by molar-refractivity contribution is 6.32. The molecule has 0 radical (unpaired) electrons. The van der Waals surface area contributed by atoms with Crippen molar-refractivity contribution in [3.05, 3.63) is 46.2 Å². The van der Waals surface area contributed by atoms with Crippen molar-refractivity contribution in [1.29, 1.82) is 0 Å². The Morgan fingerprint density at radius 1 is 1.19 bits per heavy atom. The lowest BCUT2D eigenvalue weighted by Crippen LogP contribution is -2.16. The number of hydrogen-bond donors (Lipinski definition) is 1. The summed E-state index contributed by atoms with van der Waals surface area (Å²) in [6.45, 7) is 5.73. The third kappa shape index (κ3) is 3.05. The minimum Gasteiger partial charge on any atom is -0.486 e. The van der Waals surface area contributed by atoms with E-state index in [1.165, 1.54) is 0 Å². The van der Waals surface area contributed by atoms with Gasteiger partial charge in [0.05, 0.1) is 16.4 Å². The van der Waals surface area contributed by atoms with Crippen LogP contribution in [0.15, 0.2) is 24.3 Å². The van der Waals surface area contributed by atoms with Gasteiger partial charge in [0.15, 0.2) is 11.5 Å². The molecule has 0 aliphatic carbocycles. The van der Waals surface area contributed by atoms with Crippen LogP contribution in [0, 0.1) is 13.8 Å². The Balaban J connectivity index is 1.77. The lowest BCUT2D eigenvalue weighted by atomic mass is 10.2. The van der Waals surface area contributed by atoms with E-state index in [4.69, 9.17) is 21.1 Å². The quantitative estimate of drug-likeness (QED) is 0.938. The number of aryl methyl sites for hydroxylation is 2. The number of benzene rings is 1. The van der Waals surface area contributed by atoms with Crippen LogP contribution in [0.2, 0.25) is 5.02 Å². The van der Waals surface area contributed by atoms with Gasteiger partial charge in [-0.1, -0.05) is 11.6 Å². The zero-order valence-electron chi connectivity index (χ0n) is 12.1. The average molecular weight is 305 g/mol. The molecule has 2 heterocycles. The molecule has 3 rings (SSSR count). The van der Waals surface area contributed by atoms with Gasteiger partial charge in [0, 0.05) is 12.2 Å². The van der Waals surface area contributed by atoms with E-state index in [1.807, 2.05) is 38.1 Å². The van der Waals surface area contributed by atoms with E-state index in [0.717, 1.165) is 22.6 Å². The van der Waals surface area contributed by atoms with E-state index in [9.17, 15) is 0 Å². The molecule has 1 N–H and O–H groups in total. The molecule has 0 spiro atoms. The SMILES string of the molecule is Cc1ccc(NCc2cc(Cl)c3c(c2)OCCO3)c(C)n1. The Hall–Kier alpha value is -1.94. The van der Waals surface area contributed by atoms with Gasteiger partial charge in [0.1, 0.15) is 13.2 Å². The maximum Gasteiger partial charge on any atom is 0.179 e. The van der Waals surface area contributed by atoms with Crippen LogP contribution in [-0.4, -0.2) is 18.2 Å². The highest BCUT2D eigenvalue weighted by atomic mass is 35.5. The van der Waals surface area contributed by atoms with Gasteiger partial charge in [-0.25, -0.2) is 0 Å². The van der Waals surface area contributed by atoms with Crippen molar-refractivity contribution in [2.75, 3.05) is 18.5 Å². The van der Waals surface area contributed by atoms with Gasteiger partial charge in [0.2, 0.25) is 0 Å². The molecule has 0 saturated heterocycles. The van der Waals surface area contributed by atoms with Crippen molar-refractivity contribution in [2.24, 2.45) is 0 Å². The molecule has 1 aliphatic heterocycles. The predicted octanol–water partition coefficient (Wildman–Crippen LogP) is 3.74. The summed E-state index contributed by atoms with van der Waals surface area (Å²) in [5.41, 5.74) is 4.06. The van der Waals surface area contributed by atoms with Gasteiger partial charge in [0.25, 0.3) is 0 Å². The molecule has 0 unspecified atom stereocenters. The summed E-state index contributed by atoms with van der Waals surface area (Å²) in [5, 5.41) is 3.96. The van der Waals surface area contributed by atoms with Crippen molar-refractivity contribution in [3.8, 4) is 11.5 Å². The van der Waals surface area contributed by atoms with Crippen molar-refractivity contribution in [2.45, 2.75) is 20.4 Å². The molecule has 0 atom stereocenters. The van der Waals surface area contributed by atoms with Crippen LogP contribution in [-0.2, 0) is 6.54 Å². The summed E-state index contributed by atoms with van der Waals surface area (Å²) >= 11 is 6.24. The molecule has 5 heteroatoms. The van der Waals surface area contributed by atoms with E-state index < -0.39 is 0 Å². The number of hydrogen-bond acceptors (Lipinski definition) is 4. The fraction of sp³-hybridized carbons (Fsp3) is 0.312. The number of nitrogens with one attached hydrogen (secondary N) is 1. The normalized spacial score (nSPS) is 13.1. The number of aromatic nitrogens is 1. The second kappa shape index (κ2) is 5.82. The lowest BCUT2D eigenvalue weighted by molar-refractivity contribution is 0.171. The molecule has 1 aromatic heterocycles. The zero-order chi connectivity index (χ0) is 14.8. The van der Waals surface area contributed by atoms with Gasteiger partial charge >= 0.3 is 0 Å². The number of pyridine rings is 1. The molecule has 21 heavy (non-hydrogen) atoms. The van der Waals surface area contributed by atoms with Gasteiger partial charge in [-0.2, -0.15) is 0 Å². The first-order valence-electron chi connectivity index (χ1n) is 6.89. The predicted molar refractivity (Wildman–Crippen MR) is 83.5 cm³/mol. The molecule has 110 valence electrons. The van der Waals surface area contributed by atoms with Crippen molar-refractivity contribution in [3.63, 3.8) is 0 Å². The second-order valence-electron chi connectivity index (χ2n) is 5.04. The number of anilines is 1. The van der Waals surface area contributed by atoms with Crippen LogP contribution in [0.1, 0.15) is 17.0 Å². The first-order valence-corrected chi connectivity index (χ1v) is 7.27. The smallest absolute Gasteiger partial charge is 0.179 e. The second-order valence-corrected chi connectivity index (χ2v) is 5.45. The first kappa shape index (κ1) is 14.0. The highest BCUT2D eigenvalue weighted by Gasteiger charge is 2.16. The topological polar surface area (TPSA) is 43.4 Å². The van der Waals surface area contributed by atoms with Crippen LogP contribution in [0.5, 0.6) is 11.5 Å². The number of nitrogens with zero attached hydrogens (tertiary/aromatic N) is 1. The Morgan fingerprint density at radius 2 is 2.00 bits per heavy atom. The van der Waals surface area contributed by atoms with Crippen LogP contribution in [0.25, 0.3) is 0 Å². The van der Waals surface area contributed by atoms with Crippen LogP contribution >= 0.6 is 11.6 Å². The largest absolute Gasteiger partial charge is 0.486 e. The molecule has 1 aromatic carbocycles. The number of fused-ring (bicyclic) bond motifs is 1. The Kier molecular flexibility index (Phi) is 3.88. The summed E-state index contributed by atoms with van der Waals surface area (Å²) in [4.78, 5) is 4.44. The molecule has 0 saturated carbocycles. The average Bonchev–Trinajstić information content (AvgIpc) is 2.46. The molecular formula is C16H17ClN2O2. The van der Waals surface area contributed by atoms with E-state index in [1.54, 1.807) is 0 Å². The van der Waals surface area contributed by atoms with E-state index in [2.05, 4.69) is 10.3 Å². The summed E-state index contributed by atoms with van der Waals surface area (Å²) in [5.74, 6) is 1.35. The number of ether oxygens (including phenoxy) is 2. The monoisotopic (exact) mass is 304 g/mol. The van der Waals surface area contributed by atoms with Crippen molar-refractivity contribution >= 4 is 17.3 Å². The summed E-state index contributed by atoms with van der Waals surface area (Å²) in [6, 6.07) is 7.90. The maximum atomic E-state index is 6.24. The minimum absolute atomic E-state index is 0.540. The van der Waals surface area contributed by atoms with Gasteiger partial charge in [-0.3, -0.25) is 4.98 Å². The Bertz CT molecular complexity index is 674. The number of halogens is 1. The van der Waals surface area contributed by atoms with Gasteiger partial charge in [-0.15, -0.1) is 0 Å².